The molecule has 0 saturated carbocycles. The quantitative estimate of drug-likeness (QED) is 0.786. The molecule has 1 atom stereocenters. The number of nitrogens with two attached hydrogens (primary N) is 2. The number of dihydropyridines is 1. The molecule has 0 spiro atoms. The lowest BCUT2D eigenvalue weighted by Gasteiger charge is -2.37. The van der Waals surface area contributed by atoms with Gasteiger partial charge < -0.3 is 21.7 Å². The van der Waals surface area contributed by atoms with Crippen molar-refractivity contribution in [2.45, 2.75) is 24.9 Å². The third-order valence-electron chi connectivity index (χ3n) is 4.02. The van der Waals surface area contributed by atoms with Crippen LogP contribution in [0.3, 0.4) is 0 Å². The van der Waals surface area contributed by atoms with Crippen molar-refractivity contribution < 1.29 is 4.39 Å². The van der Waals surface area contributed by atoms with Gasteiger partial charge in [0, 0.05) is 19.5 Å². The van der Waals surface area contributed by atoms with Gasteiger partial charge in [0.05, 0.1) is 5.70 Å². The number of hydrogen-bond acceptors (Lipinski definition) is 4. The van der Waals surface area contributed by atoms with Crippen molar-refractivity contribution in [1.29, 1.82) is 0 Å². The summed E-state index contributed by atoms with van der Waals surface area (Å²) in [6.45, 7) is 2.01. The Hall–Kier alpha value is -2.01. The molecule has 5 N–H and O–H groups in total. The second kappa shape index (κ2) is 5.41. The zero-order chi connectivity index (χ0) is 14.9. The van der Waals surface area contributed by atoms with Gasteiger partial charge in [-0.15, -0.1) is 0 Å². The third kappa shape index (κ3) is 3.03. The zero-order valence-electron chi connectivity index (χ0n) is 12.0. The molecule has 0 radical (unpaired) electrons. The highest BCUT2D eigenvalue weighted by Gasteiger charge is 2.30. The molecule has 21 heavy (non-hydrogen) atoms. The van der Waals surface area contributed by atoms with Crippen molar-refractivity contribution >= 4 is 0 Å². The number of likely N-dealkylation sites (tertiary alicyclic amines) is 1. The Morgan fingerprint density at radius 2 is 1.86 bits per heavy atom. The highest BCUT2D eigenvalue weighted by Crippen LogP contribution is 2.22. The van der Waals surface area contributed by atoms with Crippen LogP contribution >= 0.6 is 0 Å². The van der Waals surface area contributed by atoms with E-state index in [0.29, 0.717) is 6.42 Å². The summed E-state index contributed by atoms with van der Waals surface area (Å²) in [6.07, 6.45) is 6.68. The predicted octanol–water partition coefficient (Wildman–Crippen LogP) is 1.41. The highest BCUT2D eigenvalue weighted by molar-refractivity contribution is 5.33. The maximum absolute atomic E-state index is 13.0. The Kier molecular flexibility index (Phi) is 3.59. The molecule has 0 aliphatic carbocycles. The summed E-state index contributed by atoms with van der Waals surface area (Å²) < 4.78 is 13.0. The van der Waals surface area contributed by atoms with Crippen LogP contribution in [0.15, 0.2) is 47.9 Å². The predicted molar refractivity (Wildman–Crippen MR) is 81.3 cm³/mol. The average Bonchev–Trinajstić information content (AvgIpc) is 2.99. The van der Waals surface area contributed by atoms with Crippen molar-refractivity contribution in [2.24, 2.45) is 11.5 Å². The number of rotatable bonds is 3. The first-order valence-electron chi connectivity index (χ1n) is 7.31. The standard InChI is InChI=1S/C16H21FN4/c17-13-5-3-12(4-6-13)11-16(19)8-7-14(18)15(20-16)21-9-1-2-10-21/h3-8,20H,1-2,9-11,18-19H2. The first-order valence-corrected chi connectivity index (χ1v) is 7.31. The van der Waals surface area contributed by atoms with Gasteiger partial charge in [0.15, 0.2) is 0 Å². The van der Waals surface area contributed by atoms with E-state index < -0.39 is 5.66 Å². The van der Waals surface area contributed by atoms with E-state index in [1.165, 1.54) is 25.0 Å². The topological polar surface area (TPSA) is 67.3 Å². The van der Waals surface area contributed by atoms with Crippen molar-refractivity contribution in [3.05, 3.63) is 59.3 Å². The minimum atomic E-state index is -0.696. The molecule has 1 saturated heterocycles. The molecular weight excluding hydrogens is 267 g/mol. The molecule has 3 rings (SSSR count). The summed E-state index contributed by atoms with van der Waals surface area (Å²) in [4.78, 5) is 2.24. The number of halogens is 1. The Labute approximate surface area is 124 Å². The molecule has 1 fully saturated rings. The van der Waals surface area contributed by atoms with Crippen LogP contribution in [0.5, 0.6) is 0 Å². The van der Waals surface area contributed by atoms with E-state index in [9.17, 15) is 4.39 Å². The van der Waals surface area contributed by atoms with Gasteiger partial charge in [-0.05, 0) is 42.7 Å². The van der Waals surface area contributed by atoms with Crippen LogP contribution in [-0.2, 0) is 6.42 Å². The normalized spacial score (nSPS) is 25.3. The number of nitrogens with zero attached hydrogens (tertiary/aromatic N) is 1. The Morgan fingerprint density at radius 1 is 1.19 bits per heavy atom. The molecule has 4 nitrogen and oxygen atoms in total. The van der Waals surface area contributed by atoms with Crippen LogP contribution < -0.4 is 16.8 Å². The summed E-state index contributed by atoms with van der Waals surface area (Å²) >= 11 is 0. The SMILES string of the molecule is NC1=C(N2CCCC2)NC(N)(Cc2ccc(F)cc2)C=C1. The molecule has 2 heterocycles. The number of nitrogens with one attached hydrogen (secondary N) is 1. The summed E-state index contributed by atoms with van der Waals surface area (Å²) in [7, 11) is 0. The van der Waals surface area contributed by atoms with Gasteiger partial charge in [-0.25, -0.2) is 4.39 Å². The van der Waals surface area contributed by atoms with Gasteiger partial charge in [0.2, 0.25) is 0 Å². The lowest BCUT2D eigenvalue weighted by Crippen LogP contribution is -2.57. The Bertz CT molecular complexity index is 572. The van der Waals surface area contributed by atoms with Gasteiger partial charge in [0.25, 0.3) is 0 Å². The molecule has 1 aromatic rings. The molecule has 5 heteroatoms. The van der Waals surface area contributed by atoms with Gasteiger partial charge in [0.1, 0.15) is 17.3 Å². The molecule has 112 valence electrons. The smallest absolute Gasteiger partial charge is 0.127 e. The van der Waals surface area contributed by atoms with Crippen LogP contribution in [-0.4, -0.2) is 23.7 Å². The van der Waals surface area contributed by atoms with Gasteiger partial charge in [-0.3, -0.25) is 0 Å². The number of benzene rings is 1. The minimum Gasteiger partial charge on any atom is -0.396 e. The Morgan fingerprint density at radius 3 is 2.52 bits per heavy atom. The molecule has 0 bridgehead atoms. The fourth-order valence-electron chi connectivity index (χ4n) is 2.90. The lowest BCUT2D eigenvalue weighted by molar-refractivity contribution is 0.324. The highest BCUT2D eigenvalue weighted by atomic mass is 19.1. The molecule has 1 unspecified atom stereocenters. The van der Waals surface area contributed by atoms with Gasteiger partial charge >= 0.3 is 0 Å². The van der Waals surface area contributed by atoms with E-state index in [-0.39, 0.29) is 5.82 Å². The van der Waals surface area contributed by atoms with Gasteiger partial charge in [-0.1, -0.05) is 12.1 Å². The van der Waals surface area contributed by atoms with E-state index in [4.69, 9.17) is 11.5 Å². The number of allylic oxidation sites excluding steroid dienone is 1. The average molecular weight is 288 g/mol. The summed E-state index contributed by atoms with van der Waals surface area (Å²) in [6, 6.07) is 6.43. The van der Waals surface area contributed by atoms with Crippen LogP contribution in [0, 0.1) is 5.82 Å². The van der Waals surface area contributed by atoms with E-state index in [2.05, 4.69) is 10.2 Å². The van der Waals surface area contributed by atoms with Crippen LogP contribution in [0.2, 0.25) is 0 Å². The lowest BCUT2D eigenvalue weighted by atomic mass is 9.97. The Balaban J connectivity index is 1.77. The second-order valence-electron chi connectivity index (χ2n) is 5.80. The maximum Gasteiger partial charge on any atom is 0.127 e. The number of hydrogen-bond donors (Lipinski definition) is 3. The van der Waals surface area contributed by atoms with Gasteiger partial charge in [-0.2, -0.15) is 0 Å². The third-order valence-corrected chi connectivity index (χ3v) is 4.02. The van der Waals surface area contributed by atoms with Crippen molar-refractivity contribution in [1.82, 2.24) is 10.2 Å². The summed E-state index contributed by atoms with van der Waals surface area (Å²) in [5.41, 5.74) is 13.5. The first-order chi connectivity index (χ1) is 10.1. The van der Waals surface area contributed by atoms with Crippen LogP contribution in [0.4, 0.5) is 4.39 Å². The molecule has 0 amide bonds. The monoisotopic (exact) mass is 288 g/mol. The minimum absolute atomic E-state index is 0.237. The van der Waals surface area contributed by atoms with Crippen molar-refractivity contribution in [3.8, 4) is 0 Å². The summed E-state index contributed by atoms with van der Waals surface area (Å²) in [5.74, 6) is 0.679. The van der Waals surface area contributed by atoms with Crippen molar-refractivity contribution in [3.63, 3.8) is 0 Å². The molecule has 2 aliphatic heterocycles. The largest absolute Gasteiger partial charge is 0.396 e. The van der Waals surface area contributed by atoms with Crippen LogP contribution in [0.1, 0.15) is 18.4 Å². The molecular formula is C16H21FN4. The fourth-order valence-corrected chi connectivity index (χ4v) is 2.90. The van der Waals surface area contributed by atoms with E-state index in [1.807, 2.05) is 12.2 Å². The van der Waals surface area contributed by atoms with E-state index in [0.717, 1.165) is 30.2 Å². The fraction of sp³-hybridized carbons (Fsp3) is 0.375. The summed E-state index contributed by atoms with van der Waals surface area (Å²) in [5, 5.41) is 3.36. The van der Waals surface area contributed by atoms with E-state index >= 15 is 0 Å². The molecule has 1 aromatic carbocycles. The molecule has 0 aromatic heterocycles. The molecule has 2 aliphatic rings. The second-order valence-corrected chi connectivity index (χ2v) is 5.80. The zero-order valence-corrected chi connectivity index (χ0v) is 12.0. The van der Waals surface area contributed by atoms with Crippen LogP contribution in [0.25, 0.3) is 0 Å². The maximum atomic E-state index is 13.0. The first kappa shape index (κ1) is 13.9. The van der Waals surface area contributed by atoms with E-state index in [1.54, 1.807) is 12.1 Å². The van der Waals surface area contributed by atoms with Crippen molar-refractivity contribution in [2.75, 3.05) is 13.1 Å².